The quantitative estimate of drug-likeness (QED) is 0.848. The highest BCUT2D eigenvalue weighted by molar-refractivity contribution is 5.82. The number of carbonyl (C=O) groups excluding carboxylic acids is 1. The predicted octanol–water partition coefficient (Wildman–Crippen LogP) is 2.20. The average molecular weight is 327 g/mol. The fourth-order valence-electron chi connectivity index (χ4n) is 3.35. The van der Waals surface area contributed by atoms with Crippen LogP contribution in [0.3, 0.4) is 0 Å². The smallest absolute Gasteiger partial charge is 0.267 e. The van der Waals surface area contributed by atoms with Crippen LogP contribution in [0.4, 0.5) is 0 Å². The summed E-state index contributed by atoms with van der Waals surface area (Å²) < 4.78 is 13.5. The molecule has 0 bridgehead atoms. The predicted molar refractivity (Wildman–Crippen MR) is 88.2 cm³/mol. The Kier molecular flexibility index (Phi) is 3.88. The number of aryl methyl sites for hydroxylation is 1. The number of aromatic nitrogens is 2. The zero-order valence-corrected chi connectivity index (χ0v) is 13.7. The van der Waals surface area contributed by atoms with Gasteiger partial charge < -0.3 is 14.4 Å². The average Bonchev–Trinajstić information content (AvgIpc) is 3.07. The molecule has 2 aromatic rings. The Morgan fingerprint density at radius 3 is 2.92 bits per heavy atom. The van der Waals surface area contributed by atoms with Crippen molar-refractivity contribution >= 4 is 5.91 Å². The SMILES string of the molecule is Cc1cnn([C@@H]2CCCN(C(=O)[C@H]3COc4ccccc4O3)C2)c1. The van der Waals surface area contributed by atoms with E-state index in [-0.39, 0.29) is 18.6 Å². The van der Waals surface area contributed by atoms with Crippen LogP contribution in [-0.2, 0) is 4.79 Å². The van der Waals surface area contributed by atoms with Crippen molar-refractivity contribution in [2.24, 2.45) is 0 Å². The van der Waals surface area contributed by atoms with Crippen LogP contribution in [0.2, 0.25) is 0 Å². The van der Waals surface area contributed by atoms with Gasteiger partial charge >= 0.3 is 0 Å². The van der Waals surface area contributed by atoms with Crippen molar-refractivity contribution in [1.29, 1.82) is 0 Å². The lowest BCUT2D eigenvalue weighted by Crippen LogP contribution is -2.50. The fraction of sp³-hybridized carbons (Fsp3) is 0.444. The molecular formula is C18H21N3O3. The molecule has 0 radical (unpaired) electrons. The van der Waals surface area contributed by atoms with Crippen molar-refractivity contribution in [2.45, 2.75) is 31.9 Å². The molecule has 2 aliphatic rings. The molecule has 4 rings (SSSR count). The van der Waals surface area contributed by atoms with E-state index in [1.54, 1.807) is 0 Å². The molecule has 0 saturated carbocycles. The van der Waals surface area contributed by atoms with Gasteiger partial charge in [-0.2, -0.15) is 5.10 Å². The van der Waals surface area contributed by atoms with Gasteiger partial charge in [0.2, 0.25) is 6.10 Å². The monoisotopic (exact) mass is 327 g/mol. The second-order valence-electron chi connectivity index (χ2n) is 6.44. The Hall–Kier alpha value is -2.50. The van der Waals surface area contributed by atoms with E-state index in [2.05, 4.69) is 5.10 Å². The highest BCUT2D eigenvalue weighted by Crippen LogP contribution is 2.32. The fourth-order valence-corrected chi connectivity index (χ4v) is 3.35. The first kappa shape index (κ1) is 15.1. The second kappa shape index (κ2) is 6.19. The summed E-state index contributed by atoms with van der Waals surface area (Å²) in [7, 11) is 0. The number of fused-ring (bicyclic) bond motifs is 1. The molecular weight excluding hydrogens is 306 g/mol. The lowest BCUT2D eigenvalue weighted by atomic mass is 10.1. The minimum absolute atomic E-state index is 0.00178. The highest BCUT2D eigenvalue weighted by Gasteiger charge is 2.34. The summed E-state index contributed by atoms with van der Waals surface area (Å²) in [6, 6.07) is 7.69. The molecule has 6 heteroatoms. The molecule has 24 heavy (non-hydrogen) atoms. The highest BCUT2D eigenvalue weighted by atomic mass is 16.6. The first-order valence-electron chi connectivity index (χ1n) is 8.39. The van der Waals surface area contributed by atoms with E-state index in [1.165, 1.54) is 0 Å². The lowest BCUT2D eigenvalue weighted by molar-refractivity contribution is -0.143. The minimum Gasteiger partial charge on any atom is -0.485 e. The zero-order chi connectivity index (χ0) is 16.5. The van der Waals surface area contributed by atoms with Gasteiger partial charge in [-0.25, -0.2) is 0 Å². The number of likely N-dealkylation sites (tertiary alicyclic amines) is 1. The Balaban J connectivity index is 1.45. The maximum absolute atomic E-state index is 12.8. The van der Waals surface area contributed by atoms with Crippen LogP contribution < -0.4 is 9.47 Å². The van der Waals surface area contributed by atoms with Crippen LogP contribution in [0.1, 0.15) is 24.4 Å². The van der Waals surface area contributed by atoms with E-state index in [4.69, 9.17) is 9.47 Å². The summed E-state index contributed by atoms with van der Waals surface area (Å²) in [5.74, 6) is 1.33. The van der Waals surface area contributed by atoms with Gasteiger partial charge in [-0.1, -0.05) is 12.1 Å². The van der Waals surface area contributed by atoms with Crippen molar-refractivity contribution in [2.75, 3.05) is 19.7 Å². The molecule has 0 unspecified atom stereocenters. The van der Waals surface area contributed by atoms with Gasteiger partial charge in [-0.05, 0) is 37.5 Å². The molecule has 2 atom stereocenters. The third-order valence-electron chi connectivity index (χ3n) is 4.60. The van der Waals surface area contributed by atoms with Crippen LogP contribution in [0.15, 0.2) is 36.7 Å². The second-order valence-corrected chi connectivity index (χ2v) is 6.44. The third-order valence-corrected chi connectivity index (χ3v) is 4.60. The van der Waals surface area contributed by atoms with Crippen molar-refractivity contribution < 1.29 is 14.3 Å². The van der Waals surface area contributed by atoms with Crippen LogP contribution >= 0.6 is 0 Å². The molecule has 3 heterocycles. The first-order valence-corrected chi connectivity index (χ1v) is 8.39. The molecule has 1 aromatic carbocycles. The molecule has 0 N–H and O–H groups in total. The Morgan fingerprint density at radius 1 is 1.29 bits per heavy atom. The molecule has 2 aliphatic heterocycles. The van der Waals surface area contributed by atoms with Gasteiger partial charge in [-0.15, -0.1) is 0 Å². The molecule has 1 amide bonds. The summed E-state index contributed by atoms with van der Waals surface area (Å²) in [5, 5.41) is 4.40. The van der Waals surface area contributed by atoms with Crippen molar-refractivity contribution in [3.63, 3.8) is 0 Å². The van der Waals surface area contributed by atoms with Gasteiger partial charge in [0.25, 0.3) is 5.91 Å². The number of carbonyl (C=O) groups is 1. The Bertz CT molecular complexity index is 743. The molecule has 1 saturated heterocycles. The van der Waals surface area contributed by atoms with Gasteiger partial charge in [0.1, 0.15) is 6.61 Å². The van der Waals surface area contributed by atoms with Crippen LogP contribution in [-0.4, -0.2) is 46.4 Å². The molecule has 126 valence electrons. The molecule has 0 spiro atoms. The summed E-state index contributed by atoms with van der Waals surface area (Å²) in [6.45, 7) is 3.72. The van der Waals surface area contributed by atoms with Gasteiger partial charge in [0.05, 0.1) is 12.2 Å². The van der Waals surface area contributed by atoms with Gasteiger partial charge in [-0.3, -0.25) is 9.48 Å². The maximum atomic E-state index is 12.8. The van der Waals surface area contributed by atoms with Crippen LogP contribution in [0.25, 0.3) is 0 Å². The zero-order valence-electron chi connectivity index (χ0n) is 13.7. The summed E-state index contributed by atoms with van der Waals surface area (Å²) in [4.78, 5) is 14.7. The van der Waals surface area contributed by atoms with Crippen molar-refractivity contribution in [3.8, 4) is 11.5 Å². The van der Waals surface area contributed by atoms with E-state index >= 15 is 0 Å². The number of hydrogen-bond acceptors (Lipinski definition) is 4. The summed E-state index contributed by atoms with van der Waals surface area (Å²) >= 11 is 0. The van der Waals surface area contributed by atoms with Crippen LogP contribution in [0, 0.1) is 6.92 Å². The number of nitrogens with zero attached hydrogens (tertiary/aromatic N) is 3. The number of para-hydroxylation sites is 2. The summed E-state index contributed by atoms with van der Waals surface area (Å²) in [6.07, 6.45) is 5.33. The number of benzene rings is 1. The van der Waals surface area contributed by atoms with E-state index in [1.807, 2.05) is 53.2 Å². The lowest BCUT2D eigenvalue weighted by Gasteiger charge is -2.36. The minimum atomic E-state index is -0.571. The molecule has 1 fully saturated rings. The number of piperidine rings is 1. The topological polar surface area (TPSA) is 56.6 Å². The molecule has 6 nitrogen and oxygen atoms in total. The third kappa shape index (κ3) is 2.84. The number of rotatable bonds is 2. The van der Waals surface area contributed by atoms with Crippen LogP contribution in [0.5, 0.6) is 11.5 Å². The number of hydrogen-bond donors (Lipinski definition) is 0. The van der Waals surface area contributed by atoms with E-state index < -0.39 is 6.10 Å². The normalized spacial score (nSPS) is 23.1. The van der Waals surface area contributed by atoms with E-state index in [0.717, 1.165) is 24.9 Å². The first-order chi connectivity index (χ1) is 11.7. The number of ether oxygens (including phenoxy) is 2. The molecule has 0 aliphatic carbocycles. The summed E-state index contributed by atoms with van der Waals surface area (Å²) in [5.41, 5.74) is 1.14. The van der Waals surface area contributed by atoms with E-state index in [9.17, 15) is 4.79 Å². The Morgan fingerprint density at radius 2 is 2.12 bits per heavy atom. The van der Waals surface area contributed by atoms with Crippen molar-refractivity contribution in [3.05, 3.63) is 42.2 Å². The molecule has 1 aromatic heterocycles. The van der Waals surface area contributed by atoms with E-state index in [0.29, 0.717) is 18.0 Å². The largest absolute Gasteiger partial charge is 0.485 e. The maximum Gasteiger partial charge on any atom is 0.267 e. The van der Waals surface area contributed by atoms with Gasteiger partial charge in [0.15, 0.2) is 11.5 Å². The standard InChI is InChI=1S/C18H21N3O3/c1-13-9-19-21(10-13)14-5-4-8-20(11-14)18(22)17-12-23-15-6-2-3-7-16(15)24-17/h2-3,6-7,9-10,14,17H,4-5,8,11-12H2,1H3/t14-,17-/m1/s1. The van der Waals surface area contributed by atoms with Gasteiger partial charge in [0, 0.05) is 19.3 Å². The Labute approximate surface area is 141 Å². The van der Waals surface area contributed by atoms with Crippen molar-refractivity contribution in [1.82, 2.24) is 14.7 Å². The number of amides is 1.